The second-order valence-corrected chi connectivity index (χ2v) is 4.63. The Kier molecular flexibility index (Phi) is 5.28. The lowest BCUT2D eigenvalue weighted by molar-refractivity contribution is -0.274. The Morgan fingerprint density at radius 2 is 1.94 bits per heavy atom. The zero-order valence-corrected chi connectivity index (χ0v) is 11.0. The Balaban J connectivity index is 2.62. The van der Waals surface area contributed by atoms with E-state index in [1.54, 1.807) is 6.07 Å². The van der Waals surface area contributed by atoms with E-state index in [9.17, 15) is 13.2 Å². The zero-order valence-electron chi connectivity index (χ0n) is 10.2. The maximum Gasteiger partial charge on any atom is 0.573 e. The molecule has 2 nitrogen and oxygen atoms in total. The molecule has 0 radical (unpaired) electrons. The predicted octanol–water partition coefficient (Wildman–Crippen LogP) is 3.73. The Morgan fingerprint density at radius 3 is 2.44 bits per heavy atom. The van der Waals surface area contributed by atoms with E-state index in [0.29, 0.717) is 0 Å². The molecule has 102 valence electrons. The average molecular weight is 282 g/mol. The molecular formula is C12H15ClF3NO. The SMILES string of the molecule is CN(C)CCCc1ccc(OC(F)(F)F)c(Cl)c1. The molecule has 0 fully saturated rings. The first-order valence-electron chi connectivity index (χ1n) is 5.47. The second kappa shape index (κ2) is 6.29. The highest BCUT2D eigenvalue weighted by Crippen LogP contribution is 2.30. The quantitative estimate of drug-likeness (QED) is 0.815. The van der Waals surface area contributed by atoms with Crippen molar-refractivity contribution in [2.24, 2.45) is 0 Å². The van der Waals surface area contributed by atoms with Crippen molar-refractivity contribution in [3.63, 3.8) is 0 Å². The maximum atomic E-state index is 12.0. The molecule has 0 atom stereocenters. The Labute approximate surface area is 109 Å². The van der Waals surface area contributed by atoms with Gasteiger partial charge in [-0.3, -0.25) is 0 Å². The molecule has 1 rings (SSSR count). The van der Waals surface area contributed by atoms with Crippen molar-refractivity contribution in [1.29, 1.82) is 0 Å². The largest absolute Gasteiger partial charge is 0.573 e. The van der Waals surface area contributed by atoms with Gasteiger partial charge >= 0.3 is 6.36 Å². The summed E-state index contributed by atoms with van der Waals surface area (Å²) in [5, 5.41) is -0.0188. The van der Waals surface area contributed by atoms with Gasteiger partial charge in [-0.1, -0.05) is 17.7 Å². The molecule has 0 saturated heterocycles. The van der Waals surface area contributed by atoms with E-state index < -0.39 is 6.36 Å². The van der Waals surface area contributed by atoms with Crippen LogP contribution in [0.25, 0.3) is 0 Å². The van der Waals surface area contributed by atoms with E-state index >= 15 is 0 Å². The molecular weight excluding hydrogens is 267 g/mol. The van der Waals surface area contributed by atoms with Crippen LogP contribution in [0.3, 0.4) is 0 Å². The summed E-state index contributed by atoms with van der Waals surface area (Å²) in [5.74, 6) is -0.361. The number of alkyl halides is 3. The normalized spacial score (nSPS) is 11.9. The highest BCUT2D eigenvalue weighted by molar-refractivity contribution is 6.32. The smallest absolute Gasteiger partial charge is 0.404 e. The molecule has 6 heteroatoms. The lowest BCUT2D eigenvalue weighted by Gasteiger charge is -2.12. The summed E-state index contributed by atoms with van der Waals surface area (Å²) in [6, 6.07) is 4.36. The number of benzene rings is 1. The summed E-state index contributed by atoms with van der Waals surface area (Å²) in [5.41, 5.74) is 0.899. The summed E-state index contributed by atoms with van der Waals surface area (Å²) >= 11 is 5.74. The van der Waals surface area contributed by atoms with Crippen LogP contribution in [0.5, 0.6) is 5.75 Å². The molecule has 1 aromatic rings. The number of halogens is 4. The first-order valence-corrected chi connectivity index (χ1v) is 5.84. The fraction of sp³-hybridized carbons (Fsp3) is 0.500. The monoisotopic (exact) mass is 281 g/mol. The first kappa shape index (κ1) is 15.1. The highest BCUT2D eigenvalue weighted by atomic mass is 35.5. The van der Waals surface area contributed by atoms with Gasteiger partial charge in [-0.15, -0.1) is 13.2 Å². The third kappa shape index (κ3) is 5.60. The third-order valence-corrected chi connectivity index (χ3v) is 2.59. The van der Waals surface area contributed by atoms with E-state index in [1.807, 2.05) is 19.0 Å². The molecule has 18 heavy (non-hydrogen) atoms. The molecule has 0 aliphatic heterocycles. The van der Waals surface area contributed by atoms with Crippen LogP contribution in [0.1, 0.15) is 12.0 Å². The Morgan fingerprint density at radius 1 is 1.28 bits per heavy atom. The highest BCUT2D eigenvalue weighted by Gasteiger charge is 2.31. The number of hydrogen-bond acceptors (Lipinski definition) is 2. The molecule has 0 amide bonds. The molecule has 0 heterocycles. The van der Waals surface area contributed by atoms with Gasteiger partial charge in [-0.05, 0) is 51.2 Å². The molecule has 0 saturated carbocycles. The molecule has 0 aliphatic carbocycles. The van der Waals surface area contributed by atoms with E-state index in [-0.39, 0.29) is 10.8 Å². The van der Waals surface area contributed by atoms with Crippen LogP contribution in [-0.4, -0.2) is 31.9 Å². The molecule has 0 unspecified atom stereocenters. The minimum atomic E-state index is -4.71. The summed E-state index contributed by atoms with van der Waals surface area (Å²) in [4.78, 5) is 2.04. The van der Waals surface area contributed by atoms with Gasteiger partial charge in [0.2, 0.25) is 0 Å². The van der Waals surface area contributed by atoms with Gasteiger partial charge in [0.25, 0.3) is 0 Å². The van der Waals surface area contributed by atoms with Crippen molar-refractivity contribution in [2.45, 2.75) is 19.2 Å². The van der Waals surface area contributed by atoms with Crippen molar-refractivity contribution < 1.29 is 17.9 Å². The maximum absolute atomic E-state index is 12.0. The van der Waals surface area contributed by atoms with Crippen molar-refractivity contribution in [3.05, 3.63) is 28.8 Å². The fourth-order valence-corrected chi connectivity index (χ4v) is 1.75. The van der Waals surface area contributed by atoms with Crippen molar-refractivity contribution in [1.82, 2.24) is 4.90 Å². The van der Waals surface area contributed by atoms with Crippen molar-refractivity contribution >= 4 is 11.6 Å². The van der Waals surface area contributed by atoms with Crippen molar-refractivity contribution in [2.75, 3.05) is 20.6 Å². The molecule has 0 aromatic heterocycles. The second-order valence-electron chi connectivity index (χ2n) is 4.22. The zero-order chi connectivity index (χ0) is 13.8. The molecule has 0 bridgehead atoms. The van der Waals surface area contributed by atoms with E-state index in [4.69, 9.17) is 11.6 Å². The minimum absolute atomic E-state index is 0.0188. The van der Waals surface area contributed by atoms with Crippen LogP contribution in [0.2, 0.25) is 5.02 Å². The van der Waals surface area contributed by atoms with Gasteiger partial charge < -0.3 is 9.64 Å². The topological polar surface area (TPSA) is 12.5 Å². The summed E-state index contributed by atoms with van der Waals surface area (Å²) < 4.78 is 39.9. The third-order valence-electron chi connectivity index (χ3n) is 2.29. The summed E-state index contributed by atoms with van der Waals surface area (Å²) in [6.45, 7) is 0.915. The fourth-order valence-electron chi connectivity index (χ4n) is 1.51. The van der Waals surface area contributed by atoms with Crippen LogP contribution >= 0.6 is 11.6 Å². The molecule has 0 N–H and O–H groups in total. The lowest BCUT2D eigenvalue weighted by atomic mass is 10.1. The van der Waals surface area contributed by atoms with Gasteiger partial charge in [0.15, 0.2) is 0 Å². The predicted molar refractivity (Wildman–Crippen MR) is 65.0 cm³/mol. The van der Waals surface area contributed by atoms with Crippen LogP contribution in [0.15, 0.2) is 18.2 Å². The van der Waals surface area contributed by atoms with Crippen LogP contribution < -0.4 is 4.74 Å². The van der Waals surface area contributed by atoms with Crippen LogP contribution in [0, 0.1) is 0 Å². The summed E-state index contributed by atoms with van der Waals surface area (Å²) in [6.07, 6.45) is -3.02. The molecule has 0 spiro atoms. The average Bonchev–Trinajstić information content (AvgIpc) is 2.19. The number of hydrogen-bond donors (Lipinski definition) is 0. The Hall–Kier alpha value is -0.940. The van der Waals surface area contributed by atoms with Gasteiger partial charge in [0.05, 0.1) is 5.02 Å². The minimum Gasteiger partial charge on any atom is -0.404 e. The number of aryl methyl sites for hydroxylation is 1. The number of nitrogens with zero attached hydrogens (tertiary/aromatic N) is 1. The summed E-state index contributed by atoms with van der Waals surface area (Å²) in [7, 11) is 3.93. The van der Waals surface area contributed by atoms with Crippen LogP contribution in [0.4, 0.5) is 13.2 Å². The van der Waals surface area contributed by atoms with Gasteiger partial charge in [-0.25, -0.2) is 0 Å². The van der Waals surface area contributed by atoms with Gasteiger partial charge in [0.1, 0.15) is 5.75 Å². The first-order chi connectivity index (χ1) is 8.28. The Bertz CT molecular complexity index is 393. The van der Waals surface area contributed by atoms with E-state index in [2.05, 4.69) is 4.74 Å². The number of rotatable bonds is 5. The lowest BCUT2D eigenvalue weighted by Crippen LogP contribution is -2.17. The standard InChI is InChI=1S/C12H15ClF3NO/c1-17(2)7-3-4-9-5-6-11(10(13)8-9)18-12(14,15)16/h5-6,8H,3-4,7H2,1-2H3. The van der Waals surface area contributed by atoms with Crippen molar-refractivity contribution in [3.8, 4) is 5.75 Å². The molecule has 1 aromatic carbocycles. The van der Waals surface area contributed by atoms with Gasteiger partial charge in [-0.2, -0.15) is 0 Å². The molecule has 0 aliphatic rings. The van der Waals surface area contributed by atoms with Crippen LogP contribution in [-0.2, 0) is 6.42 Å². The van der Waals surface area contributed by atoms with E-state index in [1.165, 1.54) is 12.1 Å². The van der Waals surface area contributed by atoms with E-state index in [0.717, 1.165) is 24.9 Å². The van der Waals surface area contributed by atoms with Gasteiger partial charge in [0, 0.05) is 0 Å². The number of ether oxygens (including phenoxy) is 1.